The molecule has 0 spiro atoms. The van der Waals surface area contributed by atoms with E-state index in [0.29, 0.717) is 18.0 Å². The van der Waals surface area contributed by atoms with Gasteiger partial charge in [-0.15, -0.1) is 0 Å². The molecule has 2 aromatic rings. The molecule has 1 aliphatic carbocycles. The molecule has 0 bridgehead atoms. The second-order valence-corrected chi connectivity index (χ2v) is 7.19. The van der Waals surface area contributed by atoms with Gasteiger partial charge in [-0.05, 0) is 43.4 Å². The van der Waals surface area contributed by atoms with Crippen molar-refractivity contribution < 1.29 is 9.90 Å². The van der Waals surface area contributed by atoms with Gasteiger partial charge in [0.05, 0.1) is 16.6 Å². The van der Waals surface area contributed by atoms with Crippen LogP contribution in [-0.2, 0) is 0 Å². The third kappa shape index (κ3) is 2.47. The van der Waals surface area contributed by atoms with E-state index in [1.165, 1.54) is 0 Å². The number of aliphatic hydroxyl groups is 1. The summed E-state index contributed by atoms with van der Waals surface area (Å²) in [6, 6.07) is 5.49. The van der Waals surface area contributed by atoms with E-state index in [9.17, 15) is 9.90 Å². The molecule has 126 valence electrons. The van der Waals surface area contributed by atoms with Crippen LogP contribution in [0.4, 0.5) is 0 Å². The highest BCUT2D eigenvalue weighted by molar-refractivity contribution is 5.97. The summed E-state index contributed by atoms with van der Waals surface area (Å²) in [6.07, 6.45) is 7.09. The molecule has 4 rings (SSSR count). The fourth-order valence-corrected chi connectivity index (χ4v) is 4.51. The number of hydrogen-bond acceptors (Lipinski definition) is 4. The van der Waals surface area contributed by atoms with Gasteiger partial charge in [0.25, 0.3) is 5.91 Å². The third-order valence-electron chi connectivity index (χ3n) is 5.93. The highest BCUT2D eigenvalue weighted by Crippen LogP contribution is 2.44. The van der Waals surface area contributed by atoms with Crippen molar-refractivity contribution in [1.82, 2.24) is 14.9 Å². The number of nitrogens with zero attached hydrogens (tertiary/aromatic N) is 3. The third-order valence-corrected chi connectivity index (χ3v) is 5.93. The Labute approximate surface area is 141 Å². The lowest BCUT2D eigenvalue weighted by molar-refractivity contribution is -0.0609. The minimum absolute atomic E-state index is 0.0374. The van der Waals surface area contributed by atoms with Crippen LogP contribution in [0.2, 0.25) is 0 Å². The summed E-state index contributed by atoms with van der Waals surface area (Å²) in [5.74, 6) is 0.670. The molecular weight excluding hydrogens is 302 g/mol. The van der Waals surface area contributed by atoms with Crippen LogP contribution in [0.15, 0.2) is 30.6 Å². The second-order valence-electron chi connectivity index (χ2n) is 7.19. The lowest BCUT2D eigenvalue weighted by Crippen LogP contribution is -2.44. The zero-order chi connectivity index (χ0) is 16.7. The van der Waals surface area contributed by atoms with Crippen molar-refractivity contribution in [3.05, 3.63) is 36.2 Å². The number of likely N-dealkylation sites (tertiary alicyclic amines) is 1. The van der Waals surface area contributed by atoms with E-state index in [0.717, 1.165) is 43.3 Å². The Morgan fingerprint density at radius 2 is 2.08 bits per heavy atom. The molecule has 1 saturated heterocycles. The zero-order valence-electron chi connectivity index (χ0n) is 14.0. The molecular formula is C19H23N3O2. The topological polar surface area (TPSA) is 66.3 Å². The molecule has 2 aliphatic rings. The van der Waals surface area contributed by atoms with Gasteiger partial charge in [0.1, 0.15) is 0 Å². The van der Waals surface area contributed by atoms with Crippen LogP contribution in [0.5, 0.6) is 0 Å². The molecule has 24 heavy (non-hydrogen) atoms. The van der Waals surface area contributed by atoms with E-state index < -0.39 is 5.60 Å². The van der Waals surface area contributed by atoms with Gasteiger partial charge < -0.3 is 10.0 Å². The second kappa shape index (κ2) is 5.81. The number of aromatic nitrogens is 2. The smallest absolute Gasteiger partial charge is 0.253 e. The van der Waals surface area contributed by atoms with Crippen LogP contribution in [0.1, 0.15) is 43.0 Å². The van der Waals surface area contributed by atoms with E-state index in [2.05, 4.69) is 16.9 Å². The predicted molar refractivity (Wildman–Crippen MR) is 91.5 cm³/mol. The molecule has 5 nitrogen and oxygen atoms in total. The maximum absolute atomic E-state index is 12.9. The van der Waals surface area contributed by atoms with Crippen LogP contribution in [0, 0.1) is 11.8 Å². The number of hydrogen-bond donors (Lipinski definition) is 1. The van der Waals surface area contributed by atoms with Gasteiger partial charge in [0.15, 0.2) is 0 Å². The minimum atomic E-state index is -0.604. The number of carbonyl (C=O) groups is 1. The van der Waals surface area contributed by atoms with Crippen LogP contribution < -0.4 is 0 Å². The zero-order valence-corrected chi connectivity index (χ0v) is 14.0. The molecule has 0 unspecified atom stereocenters. The highest BCUT2D eigenvalue weighted by atomic mass is 16.3. The summed E-state index contributed by atoms with van der Waals surface area (Å²) in [4.78, 5) is 23.4. The first-order chi connectivity index (χ1) is 11.6. The van der Waals surface area contributed by atoms with Gasteiger partial charge in [-0.25, -0.2) is 0 Å². The predicted octanol–water partition coefficient (Wildman–Crippen LogP) is 2.64. The molecule has 2 heterocycles. The summed E-state index contributed by atoms with van der Waals surface area (Å²) < 4.78 is 0. The Kier molecular flexibility index (Phi) is 3.76. The van der Waals surface area contributed by atoms with E-state index in [-0.39, 0.29) is 11.8 Å². The number of carbonyl (C=O) groups excluding carboxylic acids is 1. The number of fused-ring (bicyclic) bond motifs is 2. The molecule has 1 saturated carbocycles. The van der Waals surface area contributed by atoms with Gasteiger partial charge in [-0.3, -0.25) is 14.8 Å². The molecule has 2 fully saturated rings. The summed E-state index contributed by atoms with van der Waals surface area (Å²) >= 11 is 0. The number of amides is 1. The molecule has 0 radical (unpaired) electrons. The largest absolute Gasteiger partial charge is 0.390 e. The minimum Gasteiger partial charge on any atom is -0.390 e. The van der Waals surface area contributed by atoms with Gasteiger partial charge in [-0.1, -0.05) is 13.3 Å². The normalized spacial score (nSPS) is 29.7. The summed E-state index contributed by atoms with van der Waals surface area (Å²) in [7, 11) is 0. The van der Waals surface area contributed by atoms with Gasteiger partial charge in [0, 0.05) is 37.0 Å². The van der Waals surface area contributed by atoms with Crippen molar-refractivity contribution in [1.29, 1.82) is 0 Å². The Hall–Kier alpha value is -2.01. The van der Waals surface area contributed by atoms with E-state index in [1.54, 1.807) is 12.4 Å². The Morgan fingerprint density at radius 1 is 1.29 bits per heavy atom. The lowest BCUT2D eigenvalue weighted by atomic mass is 9.69. The monoisotopic (exact) mass is 325 g/mol. The van der Waals surface area contributed by atoms with Crippen molar-refractivity contribution in [3.8, 4) is 0 Å². The lowest BCUT2D eigenvalue weighted by Gasteiger charge is -2.40. The van der Waals surface area contributed by atoms with Crippen molar-refractivity contribution in [3.63, 3.8) is 0 Å². The molecule has 1 amide bonds. The fraction of sp³-hybridized carbons (Fsp3) is 0.526. The van der Waals surface area contributed by atoms with Gasteiger partial charge >= 0.3 is 0 Å². The molecule has 1 N–H and O–H groups in total. The van der Waals surface area contributed by atoms with Crippen molar-refractivity contribution in [2.75, 3.05) is 13.1 Å². The first-order valence-corrected chi connectivity index (χ1v) is 8.83. The van der Waals surface area contributed by atoms with Crippen LogP contribution in [0.3, 0.4) is 0 Å². The van der Waals surface area contributed by atoms with Crippen LogP contribution in [0.25, 0.3) is 11.0 Å². The Balaban J connectivity index is 1.58. The van der Waals surface area contributed by atoms with Gasteiger partial charge in [0.2, 0.25) is 0 Å². The van der Waals surface area contributed by atoms with Gasteiger partial charge in [-0.2, -0.15) is 0 Å². The first-order valence-electron chi connectivity index (χ1n) is 8.83. The van der Waals surface area contributed by atoms with E-state index in [4.69, 9.17) is 0 Å². The van der Waals surface area contributed by atoms with E-state index in [1.807, 2.05) is 23.1 Å². The maximum atomic E-state index is 12.9. The molecule has 1 aromatic heterocycles. The van der Waals surface area contributed by atoms with E-state index >= 15 is 0 Å². The average Bonchev–Trinajstić information content (AvgIpc) is 3.06. The summed E-state index contributed by atoms with van der Waals surface area (Å²) in [5.41, 5.74) is 1.59. The Bertz CT molecular complexity index is 778. The molecule has 3 atom stereocenters. The quantitative estimate of drug-likeness (QED) is 0.922. The molecule has 5 heteroatoms. The van der Waals surface area contributed by atoms with Crippen molar-refractivity contribution in [2.45, 2.75) is 38.2 Å². The average molecular weight is 325 g/mol. The molecule has 1 aliphatic heterocycles. The fourth-order valence-electron chi connectivity index (χ4n) is 4.51. The highest BCUT2D eigenvalue weighted by Gasteiger charge is 2.48. The number of rotatable bonds is 2. The number of benzene rings is 1. The van der Waals surface area contributed by atoms with Crippen LogP contribution >= 0.6 is 0 Å². The molecule has 1 aromatic carbocycles. The summed E-state index contributed by atoms with van der Waals surface area (Å²) in [5, 5.41) is 10.9. The Morgan fingerprint density at radius 3 is 2.88 bits per heavy atom. The van der Waals surface area contributed by atoms with Crippen molar-refractivity contribution in [2.24, 2.45) is 11.8 Å². The first kappa shape index (κ1) is 15.5. The van der Waals surface area contributed by atoms with Crippen LogP contribution in [-0.4, -0.2) is 44.6 Å². The summed E-state index contributed by atoms with van der Waals surface area (Å²) in [6.45, 7) is 3.46. The maximum Gasteiger partial charge on any atom is 0.253 e. The standard InChI is InChI=1S/C19H23N3O2/c1-2-19(24)7-3-4-14-11-22(12-15(14)19)18(23)13-5-6-16-17(10-13)21-9-8-20-16/h5-6,8-10,14-15,24H,2-4,7,11-12H2,1H3/t14-,15+,19-/m0/s1. The van der Waals surface area contributed by atoms with Crippen molar-refractivity contribution >= 4 is 16.9 Å². The SMILES string of the molecule is CC[C@]1(O)CCC[C@H]2CN(C(=O)c3ccc4nccnc4c3)C[C@H]21.